The zero-order valence-corrected chi connectivity index (χ0v) is 18.8. The van der Waals surface area contributed by atoms with Crippen molar-refractivity contribution in [1.82, 2.24) is 9.88 Å². The highest BCUT2D eigenvalue weighted by Crippen LogP contribution is 2.41. The number of aromatic nitrogens is 1. The fourth-order valence-corrected chi connectivity index (χ4v) is 3.99. The van der Waals surface area contributed by atoms with E-state index in [1.807, 2.05) is 0 Å². The Morgan fingerprint density at radius 3 is 2.56 bits per heavy atom. The summed E-state index contributed by atoms with van der Waals surface area (Å²) in [6.45, 7) is 2.75. The van der Waals surface area contributed by atoms with E-state index >= 15 is 0 Å². The normalized spacial score (nSPS) is 17.2. The van der Waals surface area contributed by atoms with Gasteiger partial charge in [0.05, 0.1) is 18.2 Å². The summed E-state index contributed by atoms with van der Waals surface area (Å²) < 4.78 is 5.74. The number of aliphatic hydroxyl groups is 1. The van der Waals surface area contributed by atoms with Gasteiger partial charge in [0, 0.05) is 24.5 Å². The number of nitrogens with zero attached hydrogens (tertiary/aromatic N) is 2. The lowest BCUT2D eigenvalue weighted by Gasteiger charge is -2.25. The molecule has 0 aliphatic carbocycles. The number of rotatable bonds is 8. The molecule has 7 nitrogen and oxygen atoms in total. The first-order chi connectivity index (χ1) is 16.5. The van der Waals surface area contributed by atoms with Crippen LogP contribution < -0.4 is 4.74 Å². The van der Waals surface area contributed by atoms with E-state index in [4.69, 9.17) is 4.74 Å². The number of Topliss-reactive ketones (excluding diaryl/α,β-unsaturated/α-hetero) is 1. The van der Waals surface area contributed by atoms with Crippen molar-refractivity contribution in [3.8, 4) is 11.5 Å². The third-order valence-corrected chi connectivity index (χ3v) is 5.70. The van der Waals surface area contributed by atoms with Crippen molar-refractivity contribution in [2.45, 2.75) is 32.4 Å². The van der Waals surface area contributed by atoms with Crippen molar-refractivity contribution >= 4 is 17.4 Å². The molecule has 1 fully saturated rings. The highest BCUT2D eigenvalue weighted by Gasteiger charge is 2.46. The maximum atomic E-state index is 13.2. The van der Waals surface area contributed by atoms with Gasteiger partial charge in [-0.15, -0.1) is 0 Å². The molecular formula is C27H26N2O5. The minimum Gasteiger partial charge on any atom is -0.508 e. The first kappa shape index (κ1) is 23.0. The number of benzene rings is 2. The molecule has 2 heterocycles. The number of carbonyl (C=O) groups excluding carboxylic acids is 2. The van der Waals surface area contributed by atoms with E-state index in [1.54, 1.807) is 60.9 Å². The molecule has 7 heteroatoms. The van der Waals surface area contributed by atoms with Crippen LogP contribution in [0.5, 0.6) is 11.5 Å². The number of ether oxygens (including phenoxy) is 1. The second kappa shape index (κ2) is 10.2. The quantitative estimate of drug-likeness (QED) is 0.222. The molecule has 2 N–H and O–H groups in total. The maximum Gasteiger partial charge on any atom is 0.295 e. The van der Waals surface area contributed by atoms with Crippen molar-refractivity contribution in [3.63, 3.8) is 0 Å². The summed E-state index contributed by atoms with van der Waals surface area (Å²) in [4.78, 5) is 31.7. The molecule has 1 aliphatic heterocycles. The Labute approximate surface area is 198 Å². The van der Waals surface area contributed by atoms with Crippen LogP contribution in [0, 0.1) is 0 Å². The molecule has 0 bridgehead atoms. The Balaban J connectivity index is 1.79. The van der Waals surface area contributed by atoms with Crippen LogP contribution in [-0.4, -0.2) is 38.4 Å². The first-order valence-electron chi connectivity index (χ1n) is 11.2. The van der Waals surface area contributed by atoms with E-state index in [2.05, 4.69) is 11.9 Å². The predicted octanol–water partition coefficient (Wildman–Crippen LogP) is 4.59. The van der Waals surface area contributed by atoms with Crippen LogP contribution in [0.1, 0.15) is 42.5 Å². The average molecular weight is 459 g/mol. The van der Waals surface area contributed by atoms with Crippen LogP contribution in [0.25, 0.3) is 5.76 Å². The predicted molar refractivity (Wildman–Crippen MR) is 127 cm³/mol. The number of unbranched alkanes of at least 4 members (excludes halogenated alkanes) is 1. The molecule has 0 unspecified atom stereocenters. The maximum absolute atomic E-state index is 13.2. The number of carbonyl (C=O) groups is 2. The third kappa shape index (κ3) is 4.78. The molecule has 0 spiro atoms. The lowest BCUT2D eigenvalue weighted by molar-refractivity contribution is -0.140. The summed E-state index contributed by atoms with van der Waals surface area (Å²) in [5, 5.41) is 21.3. The lowest BCUT2D eigenvalue weighted by atomic mass is 9.95. The van der Waals surface area contributed by atoms with Gasteiger partial charge in [0.2, 0.25) is 0 Å². The zero-order chi connectivity index (χ0) is 24.1. The van der Waals surface area contributed by atoms with Crippen molar-refractivity contribution in [1.29, 1.82) is 0 Å². The molecule has 0 radical (unpaired) electrons. The van der Waals surface area contributed by atoms with Crippen LogP contribution in [0.4, 0.5) is 0 Å². The van der Waals surface area contributed by atoms with Gasteiger partial charge in [-0.3, -0.25) is 14.6 Å². The second-order valence-corrected chi connectivity index (χ2v) is 8.11. The van der Waals surface area contributed by atoms with Gasteiger partial charge in [0.25, 0.3) is 11.7 Å². The van der Waals surface area contributed by atoms with E-state index in [0.717, 1.165) is 18.4 Å². The molecule has 174 valence electrons. The van der Waals surface area contributed by atoms with Crippen molar-refractivity contribution < 1.29 is 24.5 Å². The highest BCUT2D eigenvalue weighted by atomic mass is 16.5. The van der Waals surface area contributed by atoms with Gasteiger partial charge in [0.1, 0.15) is 17.3 Å². The monoisotopic (exact) mass is 458 g/mol. The minimum absolute atomic E-state index is 0.00156. The zero-order valence-electron chi connectivity index (χ0n) is 18.8. The van der Waals surface area contributed by atoms with Crippen LogP contribution >= 0.6 is 0 Å². The van der Waals surface area contributed by atoms with Gasteiger partial charge in [-0.25, -0.2) is 0 Å². The van der Waals surface area contributed by atoms with Crippen LogP contribution in [0.3, 0.4) is 0 Å². The lowest BCUT2D eigenvalue weighted by Crippen LogP contribution is -2.29. The van der Waals surface area contributed by atoms with Crippen molar-refractivity contribution in [3.05, 3.63) is 95.3 Å². The largest absolute Gasteiger partial charge is 0.508 e. The summed E-state index contributed by atoms with van der Waals surface area (Å²) in [6.07, 6.45) is 5.11. The number of aromatic hydroxyl groups is 1. The third-order valence-electron chi connectivity index (χ3n) is 5.70. The van der Waals surface area contributed by atoms with E-state index in [-0.39, 0.29) is 23.6 Å². The number of ketones is 1. The summed E-state index contributed by atoms with van der Waals surface area (Å²) in [6, 6.07) is 15.8. The second-order valence-electron chi connectivity index (χ2n) is 8.11. The number of phenols is 1. The Bertz CT molecular complexity index is 1220. The SMILES string of the molecule is CCCCOc1cccc(C(O)=C2C(=O)C(=O)N(Cc3ccncc3)[C@H]2c2cccc(O)c2)c1. The molecule has 1 atom stereocenters. The molecule has 1 saturated heterocycles. The van der Waals surface area contributed by atoms with Gasteiger partial charge in [-0.05, 0) is 53.9 Å². The number of amides is 1. The van der Waals surface area contributed by atoms with E-state index in [9.17, 15) is 19.8 Å². The molecule has 4 rings (SSSR count). The molecular weight excluding hydrogens is 432 g/mol. The van der Waals surface area contributed by atoms with E-state index in [1.165, 1.54) is 17.0 Å². The van der Waals surface area contributed by atoms with Gasteiger partial charge >= 0.3 is 0 Å². The number of likely N-dealkylation sites (tertiary alicyclic amines) is 1. The van der Waals surface area contributed by atoms with Crippen LogP contribution in [0.15, 0.2) is 78.6 Å². The van der Waals surface area contributed by atoms with Crippen molar-refractivity contribution in [2.75, 3.05) is 6.61 Å². The van der Waals surface area contributed by atoms with Crippen LogP contribution in [0.2, 0.25) is 0 Å². The van der Waals surface area contributed by atoms with Gasteiger partial charge in [0.15, 0.2) is 0 Å². The first-order valence-corrected chi connectivity index (χ1v) is 11.2. The molecule has 34 heavy (non-hydrogen) atoms. The van der Waals surface area contributed by atoms with E-state index < -0.39 is 17.7 Å². The number of aliphatic hydroxyl groups excluding tert-OH is 1. The number of hydrogen-bond acceptors (Lipinski definition) is 6. The molecule has 2 aromatic carbocycles. The standard InChI is InChI=1S/C27H26N2O5/c1-2-3-14-34-22-9-5-7-20(16-22)25(31)23-24(19-6-4-8-21(30)15-19)29(27(33)26(23)32)17-18-10-12-28-13-11-18/h4-13,15-16,24,30-31H,2-3,14,17H2,1H3/t24-/m0/s1. The summed E-state index contributed by atoms with van der Waals surface area (Å²) in [5.41, 5.74) is 1.65. The topological polar surface area (TPSA) is 100.0 Å². The Morgan fingerprint density at radius 1 is 1.06 bits per heavy atom. The highest BCUT2D eigenvalue weighted by molar-refractivity contribution is 6.46. The van der Waals surface area contributed by atoms with Crippen molar-refractivity contribution in [2.24, 2.45) is 0 Å². The van der Waals surface area contributed by atoms with E-state index in [0.29, 0.717) is 23.5 Å². The summed E-state index contributed by atoms with van der Waals surface area (Å²) in [5.74, 6) is -1.22. The van der Waals surface area contributed by atoms with Gasteiger partial charge in [-0.2, -0.15) is 0 Å². The Kier molecular flexibility index (Phi) is 6.92. The molecule has 1 amide bonds. The Hall–Kier alpha value is -4.13. The van der Waals surface area contributed by atoms with Gasteiger partial charge in [-0.1, -0.05) is 37.6 Å². The van der Waals surface area contributed by atoms with Crippen LogP contribution in [-0.2, 0) is 16.1 Å². The molecule has 1 aliphatic rings. The van der Waals surface area contributed by atoms with Gasteiger partial charge < -0.3 is 19.8 Å². The fraction of sp³-hybridized carbons (Fsp3) is 0.222. The number of pyridine rings is 1. The average Bonchev–Trinajstić information content (AvgIpc) is 3.09. The molecule has 3 aromatic rings. The fourth-order valence-electron chi connectivity index (χ4n) is 3.99. The minimum atomic E-state index is -0.870. The molecule has 0 saturated carbocycles. The number of phenolic OH excluding ortho intramolecular Hbond substituents is 1. The summed E-state index contributed by atoms with van der Waals surface area (Å²) in [7, 11) is 0. The Morgan fingerprint density at radius 2 is 1.82 bits per heavy atom. The smallest absolute Gasteiger partial charge is 0.295 e. The summed E-state index contributed by atoms with van der Waals surface area (Å²) >= 11 is 0. The number of hydrogen-bond donors (Lipinski definition) is 2. The molecule has 1 aromatic heterocycles.